The third-order valence-corrected chi connectivity index (χ3v) is 2.06. The van der Waals surface area contributed by atoms with E-state index in [4.69, 9.17) is 4.74 Å². The standard InChI is InChI=1S/C11H17NO/c1-13-10-4-2-3-5-11-6-8-12-9-7-11/h6-9H,2-5,10H2,1H3. The minimum atomic E-state index is 0.885. The molecule has 0 fully saturated rings. The Kier molecular flexibility index (Phi) is 5.18. The normalized spacial score (nSPS) is 10.2. The number of aryl methyl sites for hydroxylation is 1. The molecule has 0 saturated heterocycles. The van der Waals surface area contributed by atoms with E-state index in [0.717, 1.165) is 13.0 Å². The lowest BCUT2D eigenvalue weighted by Crippen LogP contribution is -1.90. The molecule has 1 heterocycles. The van der Waals surface area contributed by atoms with Gasteiger partial charge in [0.1, 0.15) is 0 Å². The van der Waals surface area contributed by atoms with E-state index in [0.29, 0.717) is 0 Å². The lowest BCUT2D eigenvalue weighted by Gasteiger charge is -2.00. The van der Waals surface area contributed by atoms with Crippen LogP contribution < -0.4 is 0 Å². The molecular formula is C11H17NO. The van der Waals surface area contributed by atoms with Crippen LogP contribution in [0, 0.1) is 0 Å². The summed E-state index contributed by atoms with van der Waals surface area (Å²) in [7, 11) is 1.75. The summed E-state index contributed by atoms with van der Waals surface area (Å²) in [5.74, 6) is 0. The van der Waals surface area contributed by atoms with Crippen LogP contribution in [0.5, 0.6) is 0 Å². The first-order valence-electron chi connectivity index (χ1n) is 4.81. The van der Waals surface area contributed by atoms with Gasteiger partial charge in [0.2, 0.25) is 0 Å². The number of hydrogen-bond donors (Lipinski definition) is 0. The van der Waals surface area contributed by atoms with E-state index in [9.17, 15) is 0 Å². The highest BCUT2D eigenvalue weighted by Crippen LogP contribution is 2.04. The number of rotatable bonds is 6. The number of pyridine rings is 1. The molecule has 1 aromatic rings. The van der Waals surface area contributed by atoms with Crippen molar-refractivity contribution in [1.29, 1.82) is 0 Å². The van der Waals surface area contributed by atoms with Gasteiger partial charge in [0.25, 0.3) is 0 Å². The lowest BCUT2D eigenvalue weighted by atomic mass is 10.1. The SMILES string of the molecule is COCCCCCc1ccncc1. The number of ether oxygens (including phenoxy) is 1. The predicted molar refractivity (Wildman–Crippen MR) is 53.7 cm³/mol. The molecule has 0 aliphatic rings. The van der Waals surface area contributed by atoms with Crippen LogP contribution in [0.4, 0.5) is 0 Å². The molecule has 0 aromatic carbocycles. The van der Waals surface area contributed by atoms with Gasteiger partial charge in [-0.2, -0.15) is 0 Å². The van der Waals surface area contributed by atoms with Gasteiger partial charge < -0.3 is 4.74 Å². The van der Waals surface area contributed by atoms with Crippen LogP contribution in [0.15, 0.2) is 24.5 Å². The second-order valence-corrected chi connectivity index (χ2v) is 3.16. The average molecular weight is 179 g/mol. The fourth-order valence-electron chi connectivity index (χ4n) is 1.30. The summed E-state index contributed by atoms with van der Waals surface area (Å²) in [5, 5.41) is 0. The minimum Gasteiger partial charge on any atom is -0.385 e. The zero-order valence-electron chi connectivity index (χ0n) is 8.20. The van der Waals surface area contributed by atoms with E-state index in [-0.39, 0.29) is 0 Å². The largest absolute Gasteiger partial charge is 0.385 e. The van der Waals surface area contributed by atoms with Crippen molar-refractivity contribution in [1.82, 2.24) is 4.98 Å². The van der Waals surface area contributed by atoms with Crippen LogP contribution in [0.3, 0.4) is 0 Å². The van der Waals surface area contributed by atoms with Crippen LogP contribution in [0.1, 0.15) is 24.8 Å². The Balaban J connectivity index is 2.07. The molecule has 0 amide bonds. The highest BCUT2D eigenvalue weighted by molar-refractivity contribution is 5.09. The number of aromatic nitrogens is 1. The Bertz CT molecular complexity index is 211. The Hall–Kier alpha value is -0.890. The minimum absolute atomic E-state index is 0.885. The molecule has 1 rings (SSSR count). The van der Waals surface area contributed by atoms with E-state index >= 15 is 0 Å². The second kappa shape index (κ2) is 6.61. The molecule has 0 N–H and O–H groups in total. The molecule has 0 unspecified atom stereocenters. The van der Waals surface area contributed by atoms with Gasteiger partial charge in [-0.05, 0) is 37.0 Å². The fourth-order valence-corrected chi connectivity index (χ4v) is 1.30. The molecule has 0 saturated carbocycles. The van der Waals surface area contributed by atoms with Crippen molar-refractivity contribution in [3.05, 3.63) is 30.1 Å². The van der Waals surface area contributed by atoms with Gasteiger partial charge in [0, 0.05) is 26.1 Å². The number of nitrogens with zero attached hydrogens (tertiary/aromatic N) is 1. The van der Waals surface area contributed by atoms with Crippen LogP contribution in [0.2, 0.25) is 0 Å². The molecule has 0 aliphatic heterocycles. The van der Waals surface area contributed by atoms with Crippen LogP contribution >= 0.6 is 0 Å². The molecule has 2 heteroatoms. The molecule has 1 aromatic heterocycles. The van der Waals surface area contributed by atoms with E-state index in [1.165, 1.54) is 24.8 Å². The van der Waals surface area contributed by atoms with E-state index in [1.807, 2.05) is 12.4 Å². The monoisotopic (exact) mass is 179 g/mol. The Morgan fingerprint density at radius 2 is 1.92 bits per heavy atom. The summed E-state index contributed by atoms with van der Waals surface area (Å²) in [4.78, 5) is 3.98. The van der Waals surface area contributed by atoms with Gasteiger partial charge in [-0.3, -0.25) is 4.98 Å². The molecule has 0 bridgehead atoms. The number of unbranched alkanes of at least 4 members (excludes halogenated alkanes) is 2. The van der Waals surface area contributed by atoms with Crippen molar-refractivity contribution >= 4 is 0 Å². The van der Waals surface area contributed by atoms with Gasteiger partial charge >= 0.3 is 0 Å². The van der Waals surface area contributed by atoms with Gasteiger partial charge in [0.15, 0.2) is 0 Å². The molecule has 72 valence electrons. The van der Waals surface area contributed by atoms with E-state index < -0.39 is 0 Å². The van der Waals surface area contributed by atoms with Crippen molar-refractivity contribution in [2.75, 3.05) is 13.7 Å². The number of hydrogen-bond acceptors (Lipinski definition) is 2. The van der Waals surface area contributed by atoms with Gasteiger partial charge in [-0.15, -0.1) is 0 Å². The van der Waals surface area contributed by atoms with Crippen LogP contribution in [0.25, 0.3) is 0 Å². The quantitative estimate of drug-likeness (QED) is 0.626. The van der Waals surface area contributed by atoms with E-state index in [1.54, 1.807) is 7.11 Å². The zero-order valence-corrected chi connectivity index (χ0v) is 8.20. The van der Waals surface area contributed by atoms with Crippen molar-refractivity contribution in [3.63, 3.8) is 0 Å². The summed E-state index contributed by atoms with van der Waals surface area (Å²) in [6.45, 7) is 0.885. The summed E-state index contributed by atoms with van der Waals surface area (Å²) in [6.07, 6.45) is 8.52. The molecule has 2 nitrogen and oxygen atoms in total. The molecule has 13 heavy (non-hydrogen) atoms. The van der Waals surface area contributed by atoms with Gasteiger partial charge in [-0.1, -0.05) is 6.42 Å². The van der Waals surface area contributed by atoms with Crippen LogP contribution in [-0.2, 0) is 11.2 Å². The summed E-state index contributed by atoms with van der Waals surface area (Å²) < 4.78 is 4.98. The maximum absolute atomic E-state index is 4.98. The smallest absolute Gasteiger partial charge is 0.0462 e. The highest BCUT2D eigenvalue weighted by Gasteiger charge is 1.92. The number of methoxy groups -OCH3 is 1. The Morgan fingerprint density at radius 3 is 2.62 bits per heavy atom. The Labute approximate surface area is 80.0 Å². The van der Waals surface area contributed by atoms with Gasteiger partial charge in [-0.25, -0.2) is 0 Å². The van der Waals surface area contributed by atoms with Crippen molar-refractivity contribution in [2.45, 2.75) is 25.7 Å². The highest BCUT2D eigenvalue weighted by atomic mass is 16.5. The summed E-state index contributed by atoms with van der Waals surface area (Å²) in [5.41, 5.74) is 1.38. The molecule has 0 aliphatic carbocycles. The predicted octanol–water partition coefficient (Wildman–Crippen LogP) is 2.44. The average Bonchev–Trinajstić information content (AvgIpc) is 2.19. The third-order valence-electron chi connectivity index (χ3n) is 2.06. The lowest BCUT2D eigenvalue weighted by molar-refractivity contribution is 0.192. The first-order chi connectivity index (χ1) is 6.43. The topological polar surface area (TPSA) is 22.1 Å². The fraction of sp³-hybridized carbons (Fsp3) is 0.545. The zero-order chi connectivity index (χ0) is 9.36. The molecule has 0 atom stereocenters. The van der Waals surface area contributed by atoms with Crippen LogP contribution in [-0.4, -0.2) is 18.7 Å². The summed E-state index contributed by atoms with van der Waals surface area (Å²) in [6, 6.07) is 4.16. The van der Waals surface area contributed by atoms with E-state index in [2.05, 4.69) is 17.1 Å². The van der Waals surface area contributed by atoms with Gasteiger partial charge in [0.05, 0.1) is 0 Å². The first kappa shape index (κ1) is 10.2. The van der Waals surface area contributed by atoms with Crippen molar-refractivity contribution < 1.29 is 4.74 Å². The maximum Gasteiger partial charge on any atom is 0.0462 e. The molecule has 0 spiro atoms. The second-order valence-electron chi connectivity index (χ2n) is 3.16. The third kappa shape index (κ3) is 4.63. The molecule has 0 radical (unpaired) electrons. The Morgan fingerprint density at radius 1 is 1.15 bits per heavy atom. The molecular weight excluding hydrogens is 162 g/mol. The maximum atomic E-state index is 4.98. The summed E-state index contributed by atoms with van der Waals surface area (Å²) >= 11 is 0. The first-order valence-corrected chi connectivity index (χ1v) is 4.81. The van der Waals surface area contributed by atoms with Crippen molar-refractivity contribution in [3.8, 4) is 0 Å². The van der Waals surface area contributed by atoms with Crippen molar-refractivity contribution in [2.24, 2.45) is 0 Å².